The van der Waals surface area contributed by atoms with Crippen LogP contribution >= 0.6 is 22.9 Å². The van der Waals surface area contributed by atoms with Crippen molar-refractivity contribution in [1.82, 2.24) is 14.7 Å². The average Bonchev–Trinajstić information content (AvgIpc) is 3.54. The molecule has 1 unspecified atom stereocenters. The number of hydrogen-bond donors (Lipinski definition) is 0. The van der Waals surface area contributed by atoms with E-state index >= 15 is 0 Å². The Morgan fingerprint density at radius 1 is 1.17 bits per heavy atom. The monoisotopic (exact) mass is 423 g/mol. The van der Waals surface area contributed by atoms with E-state index in [0.717, 1.165) is 30.8 Å². The molecule has 7 heteroatoms. The van der Waals surface area contributed by atoms with E-state index in [4.69, 9.17) is 16.0 Å². The van der Waals surface area contributed by atoms with Gasteiger partial charge in [-0.25, -0.2) is 4.68 Å². The van der Waals surface area contributed by atoms with Crippen molar-refractivity contribution < 1.29 is 9.21 Å². The van der Waals surface area contributed by atoms with Crippen molar-refractivity contribution in [3.8, 4) is 17.1 Å². The molecule has 1 aromatic carbocycles. The quantitative estimate of drug-likeness (QED) is 0.415. The Bertz CT molecular complexity index is 1120. The van der Waals surface area contributed by atoms with Gasteiger partial charge in [-0.05, 0) is 60.7 Å². The van der Waals surface area contributed by atoms with Gasteiger partial charge in [0.1, 0.15) is 5.69 Å². The van der Waals surface area contributed by atoms with Crippen LogP contribution in [-0.2, 0) is 0 Å². The predicted molar refractivity (Wildman–Crippen MR) is 114 cm³/mol. The normalized spacial score (nSPS) is 16.4. The number of likely N-dealkylation sites (tertiary alicyclic amines) is 1. The highest BCUT2D eigenvalue weighted by molar-refractivity contribution is 7.10. The number of carbonyl (C=O) groups excluding carboxylic acids is 1. The van der Waals surface area contributed by atoms with E-state index in [1.807, 2.05) is 35.2 Å². The molecular weight excluding hydrogens is 406 g/mol. The zero-order valence-electron chi connectivity index (χ0n) is 15.5. The molecular formula is C22H18ClN3O2S. The van der Waals surface area contributed by atoms with Crippen LogP contribution in [0.25, 0.3) is 17.1 Å². The first-order valence-electron chi connectivity index (χ1n) is 9.45. The molecule has 0 N–H and O–H groups in total. The summed E-state index contributed by atoms with van der Waals surface area (Å²) < 4.78 is 7.33. The second kappa shape index (κ2) is 7.54. The molecule has 4 aromatic rings. The van der Waals surface area contributed by atoms with Gasteiger partial charge in [0.25, 0.3) is 5.91 Å². The number of amides is 1. The summed E-state index contributed by atoms with van der Waals surface area (Å²) in [6.07, 6.45) is 3.59. The fraction of sp³-hybridized carbons (Fsp3) is 0.182. The molecule has 0 spiro atoms. The number of thiophene rings is 1. The topological polar surface area (TPSA) is 51.3 Å². The number of hydrogen-bond acceptors (Lipinski definition) is 4. The summed E-state index contributed by atoms with van der Waals surface area (Å²) in [5.41, 5.74) is 1.96. The summed E-state index contributed by atoms with van der Waals surface area (Å²) >= 11 is 7.73. The molecule has 0 saturated carbocycles. The Morgan fingerprint density at radius 2 is 2.03 bits per heavy atom. The van der Waals surface area contributed by atoms with Crippen LogP contribution in [0, 0.1) is 0 Å². The fourth-order valence-corrected chi connectivity index (χ4v) is 4.80. The van der Waals surface area contributed by atoms with Crippen molar-refractivity contribution in [2.45, 2.75) is 18.9 Å². The zero-order chi connectivity index (χ0) is 19.8. The molecule has 0 aliphatic carbocycles. The SMILES string of the molecule is O=C(c1cc(-c2ccco2)n(-c2ccc(Cl)cc2)n1)N1CCCC1c1cccs1. The van der Waals surface area contributed by atoms with Gasteiger partial charge >= 0.3 is 0 Å². The van der Waals surface area contributed by atoms with E-state index in [1.54, 1.807) is 40.5 Å². The molecule has 5 rings (SSSR count). The molecule has 4 heterocycles. The molecule has 1 saturated heterocycles. The molecule has 1 fully saturated rings. The predicted octanol–water partition coefficient (Wildman–Crippen LogP) is 5.82. The van der Waals surface area contributed by atoms with Gasteiger partial charge in [0, 0.05) is 22.5 Å². The van der Waals surface area contributed by atoms with E-state index in [0.29, 0.717) is 16.5 Å². The minimum absolute atomic E-state index is 0.0542. The Balaban J connectivity index is 1.54. The summed E-state index contributed by atoms with van der Waals surface area (Å²) in [7, 11) is 0. The van der Waals surface area contributed by atoms with Crippen LogP contribution in [0.3, 0.4) is 0 Å². The van der Waals surface area contributed by atoms with Crippen LogP contribution in [0.1, 0.15) is 34.2 Å². The average molecular weight is 424 g/mol. The molecule has 0 bridgehead atoms. The van der Waals surface area contributed by atoms with E-state index in [9.17, 15) is 4.79 Å². The molecule has 1 aliphatic heterocycles. The Hall–Kier alpha value is -2.83. The number of rotatable bonds is 4. The Morgan fingerprint density at radius 3 is 2.76 bits per heavy atom. The van der Waals surface area contributed by atoms with E-state index in [-0.39, 0.29) is 11.9 Å². The second-order valence-electron chi connectivity index (χ2n) is 6.95. The lowest BCUT2D eigenvalue weighted by molar-refractivity contribution is 0.0731. The number of benzene rings is 1. The van der Waals surface area contributed by atoms with Gasteiger partial charge in [-0.1, -0.05) is 17.7 Å². The third-order valence-corrected chi connectivity index (χ3v) is 6.38. The maximum atomic E-state index is 13.4. The van der Waals surface area contributed by atoms with Crippen molar-refractivity contribution in [2.75, 3.05) is 6.54 Å². The summed E-state index contributed by atoms with van der Waals surface area (Å²) in [4.78, 5) is 16.5. The third kappa shape index (κ3) is 3.39. The highest BCUT2D eigenvalue weighted by atomic mass is 35.5. The molecule has 29 heavy (non-hydrogen) atoms. The van der Waals surface area contributed by atoms with Crippen LogP contribution in [0.4, 0.5) is 0 Å². The van der Waals surface area contributed by atoms with Crippen molar-refractivity contribution in [3.05, 3.63) is 81.8 Å². The van der Waals surface area contributed by atoms with Crippen LogP contribution in [0.5, 0.6) is 0 Å². The minimum Gasteiger partial charge on any atom is -0.463 e. The largest absolute Gasteiger partial charge is 0.463 e. The molecule has 146 valence electrons. The summed E-state index contributed by atoms with van der Waals surface area (Å²) in [6.45, 7) is 0.741. The number of aromatic nitrogens is 2. The number of furan rings is 1. The van der Waals surface area contributed by atoms with Gasteiger partial charge in [-0.3, -0.25) is 4.79 Å². The van der Waals surface area contributed by atoms with Gasteiger partial charge in [-0.2, -0.15) is 5.10 Å². The fourth-order valence-electron chi connectivity index (χ4n) is 3.80. The molecule has 3 aromatic heterocycles. The van der Waals surface area contributed by atoms with E-state index in [2.05, 4.69) is 16.5 Å². The van der Waals surface area contributed by atoms with Gasteiger partial charge in [0.2, 0.25) is 0 Å². The van der Waals surface area contributed by atoms with Crippen molar-refractivity contribution in [1.29, 1.82) is 0 Å². The standard InChI is InChI=1S/C22H18ClN3O2S/c23-15-7-9-16(10-8-15)26-19(20-5-2-12-28-20)14-17(24-26)22(27)25-11-1-4-18(25)21-6-3-13-29-21/h2-3,5-10,12-14,18H,1,4,11H2. The maximum absolute atomic E-state index is 13.4. The summed E-state index contributed by atoms with van der Waals surface area (Å²) in [6, 6.07) is 17.1. The summed E-state index contributed by atoms with van der Waals surface area (Å²) in [5, 5.41) is 7.35. The lowest BCUT2D eigenvalue weighted by Crippen LogP contribution is -2.30. The second-order valence-corrected chi connectivity index (χ2v) is 8.37. The van der Waals surface area contributed by atoms with Crippen molar-refractivity contribution in [2.24, 2.45) is 0 Å². The van der Waals surface area contributed by atoms with E-state index < -0.39 is 0 Å². The Labute approximate surface area is 177 Å². The first kappa shape index (κ1) is 18.2. The van der Waals surface area contributed by atoms with Crippen LogP contribution in [0.15, 0.2) is 70.7 Å². The summed E-state index contributed by atoms with van der Waals surface area (Å²) in [5.74, 6) is 0.601. The highest BCUT2D eigenvalue weighted by Crippen LogP contribution is 2.36. The molecule has 5 nitrogen and oxygen atoms in total. The van der Waals surface area contributed by atoms with E-state index in [1.165, 1.54) is 4.88 Å². The molecule has 1 aliphatic rings. The zero-order valence-corrected chi connectivity index (χ0v) is 17.1. The lowest BCUT2D eigenvalue weighted by atomic mass is 10.2. The number of halogens is 1. The Kier molecular flexibility index (Phi) is 4.73. The first-order valence-corrected chi connectivity index (χ1v) is 10.7. The molecule has 1 amide bonds. The highest BCUT2D eigenvalue weighted by Gasteiger charge is 2.33. The smallest absolute Gasteiger partial charge is 0.274 e. The maximum Gasteiger partial charge on any atom is 0.274 e. The van der Waals surface area contributed by atoms with Gasteiger partial charge in [0.15, 0.2) is 11.5 Å². The molecule has 1 atom stereocenters. The molecule has 0 radical (unpaired) electrons. The minimum atomic E-state index is -0.0542. The number of carbonyl (C=O) groups is 1. The van der Waals surface area contributed by atoms with Gasteiger partial charge < -0.3 is 9.32 Å². The first-order chi connectivity index (χ1) is 14.2. The van der Waals surface area contributed by atoms with Crippen LogP contribution in [-0.4, -0.2) is 27.1 Å². The van der Waals surface area contributed by atoms with Crippen molar-refractivity contribution >= 4 is 28.8 Å². The van der Waals surface area contributed by atoms with Crippen LogP contribution in [0.2, 0.25) is 5.02 Å². The van der Waals surface area contributed by atoms with Gasteiger partial charge in [-0.15, -0.1) is 11.3 Å². The van der Waals surface area contributed by atoms with Gasteiger partial charge in [0.05, 0.1) is 18.0 Å². The van der Waals surface area contributed by atoms with Crippen molar-refractivity contribution in [3.63, 3.8) is 0 Å². The van der Waals surface area contributed by atoms with Crippen LogP contribution < -0.4 is 0 Å². The third-order valence-electron chi connectivity index (χ3n) is 5.16. The number of nitrogens with zero attached hydrogens (tertiary/aromatic N) is 3. The lowest BCUT2D eigenvalue weighted by Gasteiger charge is -2.22.